The lowest BCUT2D eigenvalue weighted by atomic mass is 9.95. The van der Waals surface area contributed by atoms with Crippen molar-refractivity contribution in [1.82, 2.24) is 15.5 Å². The number of thiophene rings is 1. The third-order valence-electron chi connectivity index (χ3n) is 5.71. The minimum Gasteiger partial charge on any atom is -0.480 e. The molecule has 2 aromatic rings. The third kappa shape index (κ3) is 7.25. The molecule has 3 N–H and O–H groups in total. The van der Waals surface area contributed by atoms with E-state index in [9.17, 15) is 24.3 Å². The maximum absolute atomic E-state index is 12.7. The van der Waals surface area contributed by atoms with Gasteiger partial charge in [-0.1, -0.05) is 35.3 Å². The van der Waals surface area contributed by atoms with E-state index in [0.29, 0.717) is 46.4 Å². The van der Waals surface area contributed by atoms with Crippen LogP contribution in [-0.2, 0) is 14.4 Å². The Kier molecular flexibility index (Phi) is 10.2. The molecule has 1 atom stereocenters. The van der Waals surface area contributed by atoms with E-state index in [1.165, 1.54) is 29.2 Å². The third-order valence-corrected chi connectivity index (χ3v) is 8.36. The van der Waals surface area contributed by atoms with Crippen molar-refractivity contribution in [2.24, 2.45) is 5.92 Å². The molecule has 0 radical (unpaired) electrons. The van der Waals surface area contributed by atoms with Gasteiger partial charge in [-0.05, 0) is 48.2 Å². The second-order valence-corrected chi connectivity index (χ2v) is 10.6. The van der Waals surface area contributed by atoms with Crippen LogP contribution in [0.3, 0.4) is 0 Å². The smallest absolute Gasteiger partial charge is 0.328 e. The quantitative estimate of drug-likeness (QED) is 0.310. The molecule has 0 spiro atoms. The number of hydrogen-bond acceptors (Lipinski definition) is 6. The molecule has 8 nitrogen and oxygen atoms in total. The summed E-state index contributed by atoms with van der Waals surface area (Å²) in [4.78, 5) is 51.9. The Hall–Kier alpha value is -2.53. The summed E-state index contributed by atoms with van der Waals surface area (Å²) in [5.74, 6) is -2.69. The molecule has 3 rings (SSSR count). The number of piperidine rings is 1. The summed E-state index contributed by atoms with van der Waals surface area (Å²) in [5.41, 5.74) is 0.632. The highest BCUT2D eigenvalue weighted by Gasteiger charge is 2.30. The number of amides is 3. The van der Waals surface area contributed by atoms with Gasteiger partial charge in [0.2, 0.25) is 11.8 Å². The molecule has 0 bridgehead atoms. The number of aliphatic carboxylic acids is 1. The summed E-state index contributed by atoms with van der Waals surface area (Å²) in [5, 5.41) is 17.1. The van der Waals surface area contributed by atoms with E-state index in [4.69, 9.17) is 23.2 Å². The molecule has 0 saturated carbocycles. The van der Waals surface area contributed by atoms with Crippen LogP contribution in [0.15, 0.2) is 40.6 Å². The first kappa shape index (κ1) is 28.0. The van der Waals surface area contributed by atoms with Crippen molar-refractivity contribution in [2.45, 2.75) is 23.8 Å². The number of carboxylic acid groups (broad SMARTS) is 1. The van der Waals surface area contributed by atoms with Crippen LogP contribution in [0.2, 0.25) is 10.0 Å². The highest BCUT2D eigenvalue weighted by Crippen LogP contribution is 2.35. The van der Waals surface area contributed by atoms with Crippen LogP contribution in [0, 0.1) is 5.92 Å². The van der Waals surface area contributed by atoms with Crippen LogP contribution in [0.4, 0.5) is 0 Å². The largest absolute Gasteiger partial charge is 0.480 e. The normalized spacial score (nSPS) is 15.0. The maximum atomic E-state index is 12.7. The fourth-order valence-corrected chi connectivity index (χ4v) is 5.45. The highest BCUT2D eigenvalue weighted by molar-refractivity contribution is 7.98. The van der Waals surface area contributed by atoms with Crippen molar-refractivity contribution in [3.8, 4) is 0 Å². The Balaban J connectivity index is 1.49. The van der Waals surface area contributed by atoms with Gasteiger partial charge in [-0.25, -0.2) is 4.79 Å². The van der Waals surface area contributed by atoms with Gasteiger partial charge in [-0.15, -0.1) is 23.1 Å². The van der Waals surface area contributed by atoms with E-state index in [-0.39, 0.29) is 12.5 Å². The number of nitrogens with zero attached hydrogens (tertiary/aromatic N) is 1. The predicted molar refractivity (Wildman–Crippen MR) is 143 cm³/mol. The monoisotopic (exact) mass is 569 g/mol. The molecule has 3 amide bonds. The van der Waals surface area contributed by atoms with Crippen molar-refractivity contribution in [3.05, 3.63) is 56.2 Å². The molecule has 1 fully saturated rings. The number of carboxylic acids is 1. The Morgan fingerprint density at radius 2 is 1.92 bits per heavy atom. The van der Waals surface area contributed by atoms with Crippen molar-refractivity contribution in [2.75, 3.05) is 25.9 Å². The Bertz CT molecular complexity index is 1150. The standard InChI is InChI=1S/C24H25Cl2N3O5S2/c1-35-17-6-4-14(20(25)21(17)26)5-7-19(30)29-10-8-15(9-11-29)22(31)28-16(24(33)34)13-27-23(32)18-3-2-12-36-18/h2-7,12,15-16H,8-11,13H2,1H3,(H,27,32)(H,28,31)(H,33,34)/t16-/m0/s1. The number of hydrogen-bond donors (Lipinski definition) is 3. The number of rotatable bonds is 9. The van der Waals surface area contributed by atoms with Crippen molar-refractivity contribution < 1.29 is 24.3 Å². The molecule has 1 saturated heterocycles. The van der Waals surface area contributed by atoms with Crippen molar-refractivity contribution in [3.63, 3.8) is 0 Å². The fraction of sp³-hybridized carbons (Fsp3) is 0.333. The molecular formula is C24H25Cl2N3O5S2. The number of benzene rings is 1. The van der Waals surface area contributed by atoms with Crippen LogP contribution in [0.1, 0.15) is 28.1 Å². The van der Waals surface area contributed by atoms with Gasteiger partial charge in [-0.3, -0.25) is 14.4 Å². The molecule has 12 heteroatoms. The molecule has 1 aromatic heterocycles. The minimum absolute atomic E-state index is 0.213. The van der Waals surface area contributed by atoms with E-state index < -0.39 is 29.7 Å². The van der Waals surface area contributed by atoms with Crippen LogP contribution in [0.5, 0.6) is 0 Å². The van der Waals surface area contributed by atoms with E-state index >= 15 is 0 Å². The summed E-state index contributed by atoms with van der Waals surface area (Å²) in [6, 6.07) is 5.73. The summed E-state index contributed by atoms with van der Waals surface area (Å²) in [6.07, 6.45) is 5.73. The molecule has 1 aliphatic heterocycles. The van der Waals surface area contributed by atoms with E-state index in [1.807, 2.05) is 12.3 Å². The van der Waals surface area contributed by atoms with Crippen LogP contribution < -0.4 is 10.6 Å². The zero-order valence-electron chi connectivity index (χ0n) is 19.3. The molecule has 1 aliphatic rings. The molecule has 36 heavy (non-hydrogen) atoms. The Morgan fingerprint density at radius 3 is 2.53 bits per heavy atom. The topological polar surface area (TPSA) is 116 Å². The number of halogens is 2. The molecule has 192 valence electrons. The van der Waals surface area contributed by atoms with Crippen LogP contribution in [-0.4, -0.2) is 65.6 Å². The van der Waals surface area contributed by atoms with Gasteiger partial charge in [0.05, 0.1) is 14.9 Å². The zero-order chi connectivity index (χ0) is 26.2. The lowest BCUT2D eigenvalue weighted by molar-refractivity contribution is -0.142. The first-order valence-corrected chi connectivity index (χ1v) is 13.9. The van der Waals surface area contributed by atoms with Gasteiger partial charge >= 0.3 is 5.97 Å². The minimum atomic E-state index is -1.25. The Morgan fingerprint density at radius 1 is 1.19 bits per heavy atom. The Labute approximate surface area is 227 Å². The number of carbonyl (C=O) groups excluding carboxylic acids is 3. The summed E-state index contributed by atoms with van der Waals surface area (Å²) in [6.45, 7) is 0.479. The predicted octanol–water partition coefficient (Wildman–Crippen LogP) is 4.03. The number of thioether (sulfide) groups is 1. The van der Waals surface area contributed by atoms with Gasteiger partial charge in [0.25, 0.3) is 5.91 Å². The second kappa shape index (κ2) is 13.1. The summed E-state index contributed by atoms with van der Waals surface area (Å²) < 4.78 is 0. The van der Waals surface area contributed by atoms with Crippen LogP contribution in [0.25, 0.3) is 6.08 Å². The average Bonchev–Trinajstić information content (AvgIpc) is 3.42. The highest BCUT2D eigenvalue weighted by atomic mass is 35.5. The van der Waals surface area contributed by atoms with Gasteiger partial charge in [-0.2, -0.15) is 0 Å². The van der Waals surface area contributed by atoms with Crippen molar-refractivity contribution >= 4 is 76.1 Å². The summed E-state index contributed by atoms with van der Waals surface area (Å²) >= 11 is 15.3. The van der Waals surface area contributed by atoms with Crippen LogP contribution >= 0.6 is 46.3 Å². The van der Waals surface area contributed by atoms with E-state index in [0.717, 1.165) is 4.90 Å². The lowest BCUT2D eigenvalue weighted by Crippen LogP contribution is -2.51. The van der Waals surface area contributed by atoms with Gasteiger partial charge in [0.1, 0.15) is 6.04 Å². The second-order valence-electron chi connectivity index (χ2n) is 8.00. The first-order chi connectivity index (χ1) is 17.2. The van der Waals surface area contributed by atoms with Crippen molar-refractivity contribution in [1.29, 1.82) is 0 Å². The number of carbonyl (C=O) groups is 4. The van der Waals surface area contributed by atoms with E-state index in [2.05, 4.69) is 10.6 Å². The molecule has 0 unspecified atom stereocenters. The zero-order valence-corrected chi connectivity index (χ0v) is 22.5. The van der Waals surface area contributed by atoms with Gasteiger partial charge in [0.15, 0.2) is 0 Å². The molecule has 2 heterocycles. The molecular weight excluding hydrogens is 545 g/mol. The molecule has 1 aromatic carbocycles. The molecule has 0 aliphatic carbocycles. The first-order valence-electron chi connectivity index (χ1n) is 11.0. The van der Waals surface area contributed by atoms with Gasteiger partial charge < -0.3 is 20.6 Å². The lowest BCUT2D eigenvalue weighted by Gasteiger charge is -2.31. The summed E-state index contributed by atoms with van der Waals surface area (Å²) in [7, 11) is 0. The van der Waals surface area contributed by atoms with Gasteiger partial charge in [0, 0.05) is 36.5 Å². The number of nitrogens with one attached hydrogen (secondary N) is 2. The average molecular weight is 571 g/mol. The fourth-order valence-electron chi connectivity index (χ4n) is 3.64. The van der Waals surface area contributed by atoms with E-state index in [1.54, 1.807) is 34.6 Å². The maximum Gasteiger partial charge on any atom is 0.328 e. The SMILES string of the molecule is CSc1ccc(C=CC(=O)N2CCC(C(=O)N[C@@H](CNC(=O)c3cccs3)C(=O)O)CC2)c(Cl)c1Cl. The number of likely N-dealkylation sites (tertiary alicyclic amines) is 1.